The van der Waals surface area contributed by atoms with E-state index in [0.717, 1.165) is 16.1 Å². The summed E-state index contributed by atoms with van der Waals surface area (Å²) < 4.78 is 0. The number of hydrogen-bond acceptors (Lipinski definition) is 2. The molecule has 2 nitrogen and oxygen atoms in total. The van der Waals surface area contributed by atoms with E-state index in [2.05, 4.69) is 17.9 Å². The Balaban J connectivity index is 2.18. The fourth-order valence-corrected chi connectivity index (χ4v) is 1.91. The monoisotopic (exact) mass is 257 g/mol. The summed E-state index contributed by atoms with van der Waals surface area (Å²) >= 11 is 4.20. The maximum atomic E-state index is 12.0. The Morgan fingerprint density at radius 2 is 1.72 bits per heavy atom. The number of nitrogens with one attached hydrogen (secondary N) is 1. The molecule has 0 saturated heterocycles. The van der Waals surface area contributed by atoms with Crippen LogP contribution >= 0.6 is 12.6 Å². The Kier molecular flexibility index (Phi) is 3.72. The lowest BCUT2D eigenvalue weighted by atomic mass is 10.1. The molecule has 18 heavy (non-hydrogen) atoms. The first-order chi connectivity index (χ1) is 8.56. The fraction of sp³-hybridized carbons (Fsp3) is 0.133. The SMILES string of the molecule is Cc1ccc(NC(=O)c2ccc(S)cc2)c(C)c1. The van der Waals surface area contributed by atoms with Gasteiger partial charge >= 0.3 is 0 Å². The summed E-state index contributed by atoms with van der Waals surface area (Å²) in [5.41, 5.74) is 3.73. The van der Waals surface area contributed by atoms with Gasteiger partial charge in [0.05, 0.1) is 0 Å². The molecule has 0 aliphatic heterocycles. The van der Waals surface area contributed by atoms with Crippen molar-refractivity contribution in [3.05, 3.63) is 59.2 Å². The number of thiol groups is 1. The third kappa shape index (κ3) is 2.93. The van der Waals surface area contributed by atoms with Gasteiger partial charge in [-0.25, -0.2) is 0 Å². The zero-order valence-electron chi connectivity index (χ0n) is 10.4. The number of aryl methyl sites for hydroxylation is 2. The quantitative estimate of drug-likeness (QED) is 0.786. The second-order valence-corrected chi connectivity index (χ2v) is 4.84. The topological polar surface area (TPSA) is 29.1 Å². The third-order valence-electron chi connectivity index (χ3n) is 2.76. The van der Waals surface area contributed by atoms with Crippen LogP contribution in [0.3, 0.4) is 0 Å². The van der Waals surface area contributed by atoms with Gasteiger partial charge in [-0.1, -0.05) is 17.7 Å². The van der Waals surface area contributed by atoms with Gasteiger partial charge in [0.2, 0.25) is 0 Å². The van der Waals surface area contributed by atoms with Crippen molar-refractivity contribution in [2.75, 3.05) is 5.32 Å². The largest absolute Gasteiger partial charge is 0.322 e. The Morgan fingerprint density at radius 1 is 1.06 bits per heavy atom. The van der Waals surface area contributed by atoms with Crippen LogP contribution < -0.4 is 5.32 Å². The molecule has 0 atom stereocenters. The molecule has 2 aromatic rings. The highest BCUT2D eigenvalue weighted by molar-refractivity contribution is 7.80. The summed E-state index contributed by atoms with van der Waals surface area (Å²) in [5, 5.41) is 2.91. The van der Waals surface area contributed by atoms with E-state index in [4.69, 9.17) is 0 Å². The molecule has 1 N–H and O–H groups in total. The Bertz CT molecular complexity index is 576. The number of benzene rings is 2. The molecule has 0 aromatic heterocycles. The molecule has 92 valence electrons. The van der Waals surface area contributed by atoms with Crippen LogP contribution in [-0.2, 0) is 0 Å². The minimum atomic E-state index is -0.102. The van der Waals surface area contributed by atoms with Crippen molar-refractivity contribution in [2.45, 2.75) is 18.7 Å². The van der Waals surface area contributed by atoms with Gasteiger partial charge in [-0.05, 0) is 49.7 Å². The Morgan fingerprint density at radius 3 is 2.33 bits per heavy atom. The third-order valence-corrected chi connectivity index (χ3v) is 3.06. The molecular weight excluding hydrogens is 242 g/mol. The van der Waals surface area contributed by atoms with Gasteiger partial charge in [-0.3, -0.25) is 4.79 Å². The lowest BCUT2D eigenvalue weighted by Gasteiger charge is -2.09. The Hall–Kier alpha value is -1.74. The average molecular weight is 257 g/mol. The molecule has 1 amide bonds. The molecular formula is C15H15NOS. The highest BCUT2D eigenvalue weighted by Crippen LogP contribution is 2.17. The van der Waals surface area contributed by atoms with Crippen molar-refractivity contribution in [3.63, 3.8) is 0 Å². The van der Waals surface area contributed by atoms with Crippen LogP contribution in [0.2, 0.25) is 0 Å². The predicted octanol–water partition coefficient (Wildman–Crippen LogP) is 3.84. The first-order valence-corrected chi connectivity index (χ1v) is 6.18. The summed E-state index contributed by atoms with van der Waals surface area (Å²) in [6.07, 6.45) is 0. The van der Waals surface area contributed by atoms with Crippen molar-refractivity contribution in [1.82, 2.24) is 0 Å². The molecule has 0 saturated carbocycles. The summed E-state index contributed by atoms with van der Waals surface area (Å²) in [6, 6.07) is 13.1. The van der Waals surface area contributed by atoms with Gasteiger partial charge in [0, 0.05) is 16.1 Å². The van der Waals surface area contributed by atoms with Crippen LogP contribution in [0.4, 0.5) is 5.69 Å². The lowest BCUT2D eigenvalue weighted by molar-refractivity contribution is 0.102. The molecule has 0 radical (unpaired) electrons. The number of carbonyl (C=O) groups is 1. The minimum absolute atomic E-state index is 0.102. The van der Waals surface area contributed by atoms with E-state index in [1.54, 1.807) is 24.3 Å². The minimum Gasteiger partial charge on any atom is -0.322 e. The molecule has 0 aliphatic rings. The number of anilines is 1. The van der Waals surface area contributed by atoms with E-state index in [-0.39, 0.29) is 5.91 Å². The molecule has 0 bridgehead atoms. The van der Waals surface area contributed by atoms with Gasteiger partial charge in [-0.2, -0.15) is 0 Å². The van der Waals surface area contributed by atoms with Crippen molar-refractivity contribution < 1.29 is 4.79 Å². The second kappa shape index (κ2) is 5.27. The summed E-state index contributed by atoms with van der Waals surface area (Å²) in [6.45, 7) is 4.02. The van der Waals surface area contributed by atoms with Crippen molar-refractivity contribution in [3.8, 4) is 0 Å². The number of amides is 1. The highest BCUT2D eigenvalue weighted by Gasteiger charge is 2.07. The van der Waals surface area contributed by atoms with Crippen LogP contribution in [0.25, 0.3) is 0 Å². The van der Waals surface area contributed by atoms with E-state index in [0.29, 0.717) is 5.56 Å². The molecule has 0 heterocycles. The first-order valence-electron chi connectivity index (χ1n) is 5.74. The second-order valence-electron chi connectivity index (χ2n) is 4.32. The maximum absolute atomic E-state index is 12.0. The van der Waals surface area contributed by atoms with E-state index in [9.17, 15) is 4.79 Å². The van der Waals surface area contributed by atoms with E-state index in [1.807, 2.05) is 32.0 Å². The fourth-order valence-electron chi connectivity index (χ4n) is 1.76. The molecule has 0 unspecified atom stereocenters. The zero-order valence-corrected chi connectivity index (χ0v) is 11.3. The average Bonchev–Trinajstić information content (AvgIpc) is 2.33. The smallest absolute Gasteiger partial charge is 0.255 e. The number of hydrogen-bond donors (Lipinski definition) is 2. The van der Waals surface area contributed by atoms with Crippen LogP contribution in [0.15, 0.2) is 47.4 Å². The zero-order chi connectivity index (χ0) is 13.1. The molecule has 2 rings (SSSR count). The number of rotatable bonds is 2. The standard InChI is InChI=1S/C15H15NOS/c1-10-3-8-14(11(2)9-10)16-15(17)12-4-6-13(18)7-5-12/h3-9,18H,1-2H3,(H,16,17). The van der Waals surface area contributed by atoms with Gasteiger partial charge in [-0.15, -0.1) is 12.6 Å². The van der Waals surface area contributed by atoms with E-state index < -0.39 is 0 Å². The van der Waals surface area contributed by atoms with Crippen molar-refractivity contribution in [2.24, 2.45) is 0 Å². The molecule has 0 fully saturated rings. The summed E-state index contributed by atoms with van der Waals surface area (Å²) in [7, 11) is 0. The lowest BCUT2D eigenvalue weighted by Crippen LogP contribution is -2.12. The summed E-state index contributed by atoms with van der Waals surface area (Å²) in [4.78, 5) is 12.9. The van der Waals surface area contributed by atoms with Gasteiger partial charge in [0.15, 0.2) is 0 Å². The van der Waals surface area contributed by atoms with Crippen molar-refractivity contribution in [1.29, 1.82) is 0 Å². The number of carbonyl (C=O) groups excluding carboxylic acids is 1. The van der Waals surface area contributed by atoms with Crippen LogP contribution in [0.1, 0.15) is 21.5 Å². The normalized spacial score (nSPS) is 10.2. The van der Waals surface area contributed by atoms with Gasteiger partial charge in [0.1, 0.15) is 0 Å². The Labute approximate surface area is 112 Å². The summed E-state index contributed by atoms with van der Waals surface area (Å²) in [5.74, 6) is -0.102. The molecule has 0 spiro atoms. The van der Waals surface area contributed by atoms with Gasteiger partial charge < -0.3 is 5.32 Å². The van der Waals surface area contributed by atoms with Gasteiger partial charge in [0.25, 0.3) is 5.91 Å². The molecule has 3 heteroatoms. The van der Waals surface area contributed by atoms with Crippen LogP contribution in [-0.4, -0.2) is 5.91 Å². The molecule has 2 aromatic carbocycles. The van der Waals surface area contributed by atoms with E-state index in [1.165, 1.54) is 5.56 Å². The van der Waals surface area contributed by atoms with Crippen molar-refractivity contribution >= 4 is 24.2 Å². The predicted molar refractivity (Wildman–Crippen MR) is 77.6 cm³/mol. The molecule has 0 aliphatic carbocycles. The van der Waals surface area contributed by atoms with E-state index >= 15 is 0 Å². The van der Waals surface area contributed by atoms with Crippen LogP contribution in [0, 0.1) is 13.8 Å². The first kappa shape index (κ1) is 12.7. The maximum Gasteiger partial charge on any atom is 0.255 e. The highest BCUT2D eigenvalue weighted by atomic mass is 32.1. The van der Waals surface area contributed by atoms with Crippen LogP contribution in [0.5, 0.6) is 0 Å².